The number of tetrazole rings is 1. The number of nitrogens with zero attached hydrogens (tertiary/aromatic N) is 6. The highest BCUT2D eigenvalue weighted by Crippen LogP contribution is 2.30. The van der Waals surface area contributed by atoms with Crippen LogP contribution in [0.15, 0.2) is 42.5 Å². The van der Waals surface area contributed by atoms with E-state index in [1.165, 1.54) is 27.9 Å². The predicted octanol–water partition coefficient (Wildman–Crippen LogP) is 3.16. The van der Waals surface area contributed by atoms with Gasteiger partial charge >= 0.3 is 0 Å². The van der Waals surface area contributed by atoms with Crippen molar-refractivity contribution >= 4 is 5.69 Å². The number of ether oxygens (including phenoxy) is 1. The predicted molar refractivity (Wildman–Crippen MR) is 122 cm³/mol. The molecule has 0 saturated carbocycles. The first-order valence-corrected chi connectivity index (χ1v) is 10.9. The van der Waals surface area contributed by atoms with Crippen molar-refractivity contribution in [2.24, 2.45) is 0 Å². The summed E-state index contributed by atoms with van der Waals surface area (Å²) in [6.07, 6.45) is 0. The highest BCUT2D eigenvalue weighted by Gasteiger charge is 2.31. The van der Waals surface area contributed by atoms with E-state index in [9.17, 15) is 0 Å². The van der Waals surface area contributed by atoms with Crippen LogP contribution in [0.3, 0.4) is 0 Å². The molecule has 0 spiro atoms. The van der Waals surface area contributed by atoms with Crippen molar-refractivity contribution in [1.29, 1.82) is 0 Å². The van der Waals surface area contributed by atoms with Gasteiger partial charge in [0, 0.05) is 39.0 Å². The van der Waals surface area contributed by atoms with Crippen molar-refractivity contribution in [2.75, 3.05) is 44.8 Å². The summed E-state index contributed by atoms with van der Waals surface area (Å²) in [7, 11) is 1.70. The average Bonchev–Trinajstić information content (AvgIpc) is 3.24. The molecule has 0 amide bonds. The van der Waals surface area contributed by atoms with Crippen LogP contribution < -0.4 is 4.90 Å². The number of hydrogen-bond acceptors (Lipinski definition) is 6. The lowest BCUT2D eigenvalue weighted by Crippen LogP contribution is -2.48. The van der Waals surface area contributed by atoms with Gasteiger partial charge in [0.1, 0.15) is 0 Å². The molecule has 7 heteroatoms. The van der Waals surface area contributed by atoms with Crippen molar-refractivity contribution in [3.8, 4) is 0 Å². The third-order valence-electron chi connectivity index (χ3n) is 6.30. The Bertz CT molecular complexity index is 992. The first-order chi connectivity index (χ1) is 15.1. The normalized spacial score (nSPS) is 15.9. The van der Waals surface area contributed by atoms with Crippen LogP contribution >= 0.6 is 0 Å². The van der Waals surface area contributed by atoms with Gasteiger partial charge in [0.25, 0.3) is 0 Å². The van der Waals surface area contributed by atoms with Gasteiger partial charge in [0.2, 0.25) is 0 Å². The lowest BCUT2D eigenvalue weighted by Gasteiger charge is -2.40. The Balaban J connectivity index is 1.59. The molecule has 2 heterocycles. The van der Waals surface area contributed by atoms with Gasteiger partial charge in [-0.2, -0.15) is 0 Å². The van der Waals surface area contributed by atoms with E-state index in [1.807, 2.05) is 4.68 Å². The molecule has 0 bridgehead atoms. The summed E-state index contributed by atoms with van der Waals surface area (Å²) in [6, 6.07) is 15.3. The second kappa shape index (κ2) is 9.58. The smallest absolute Gasteiger partial charge is 0.173 e. The largest absolute Gasteiger partial charge is 0.383 e. The van der Waals surface area contributed by atoms with E-state index in [0.29, 0.717) is 13.2 Å². The molecule has 1 aromatic heterocycles. The summed E-state index contributed by atoms with van der Waals surface area (Å²) in [6.45, 7) is 11.6. The maximum Gasteiger partial charge on any atom is 0.173 e. The van der Waals surface area contributed by atoms with Crippen molar-refractivity contribution in [2.45, 2.75) is 33.4 Å². The summed E-state index contributed by atoms with van der Waals surface area (Å²) in [4.78, 5) is 5.00. The van der Waals surface area contributed by atoms with Crippen LogP contribution in [0.5, 0.6) is 0 Å². The topological polar surface area (TPSA) is 59.3 Å². The lowest BCUT2D eigenvalue weighted by molar-refractivity contribution is 0.171. The Morgan fingerprint density at radius 3 is 2.42 bits per heavy atom. The quantitative estimate of drug-likeness (QED) is 0.585. The van der Waals surface area contributed by atoms with Gasteiger partial charge in [-0.25, -0.2) is 4.68 Å². The van der Waals surface area contributed by atoms with Crippen LogP contribution in [0.2, 0.25) is 0 Å². The number of benzene rings is 2. The monoisotopic (exact) mass is 420 g/mol. The van der Waals surface area contributed by atoms with Gasteiger partial charge in [-0.15, -0.1) is 5.10 Å². The second-order valence-electron chi connectivity index (χ2n) is 8.31. The molecule has 4 rings (SSSR count). The molecule has 31 heavy (non-hydrogen) atoms. The van der Waals surface area contributed by atoms with Crippen molar-refractivity contribution in [1.82, 2.24) is 25.1 Å². The number of rotatable bonds is 7. The zero-order valence-corrected chi connectivity index (χ0v) is 19.0. The molecule has 164 valence electrons. The first-order valence-electron chi connectivity index (χ1n) is 10.9. The molecule has 0 radical (unpaired) electrons. The Hall–Kier alpha value is -2.77. The highest BCUT2D eigenvalue weighted by atomic mass is 16.5. The second-order valence-corrected chi connectivity index (χ2v) is 8.31. The van der Waals surface area contributed by atoms with E-state index in [1.54, 1.807) is 7.11 Å². The molecule has 1 aliphatic heterocycles. The molecule has 1 saturated heterocycles. The van der Waals surface area contributed by atoms with E-state index in [4.69, 9.17) is 4.74 Å². The van der Waals surface area contributed by atoms with Crippen molar-refractivity contribution in [3.05, 3.63) is 70.5 Å². The van der Waals surface area contributed by atoms with Gasteiger partial charge in [0.15, 0.2) is 5.82 Å². The summed E-state index contributed by atoms with van der Waals surface area (Å²) >= 11 is 0. The number of piperazine rings is 1. The van der Waals surface area contributed by atoms with Crippen LogP contribution in [0.4, 0.5) is 5.69 Å². The molecule has 1 fully saturated rings. The Kier molecular flexibility index (Phi) is 6.63. The first kappa shape index (κ1) is 21.5. The molecule has 1 aliphatic rings. The van der Waals surface area contributed by atoms with Gasteiger partial charge in [0.05, 0.1) is 19.2 Å². The van der Waals surface area contributed by atoms with E-state index in [0.717, 1.165) is 32.0 Å². The number of methoxy groups -OCH3 is 1. The SMILES string of the molecule is COCCn1nnnc1C(c1ccc(C)cc1)N1CCN(c2cccc(C)c2C)CC1. The fourth-order valence-corrected chi connectivity index (χ4v) is 4.32. The highest BCUT2D eigenvalue weighted by molar-refractivity contribution is 5.56. The Morgan fingerprint density at radius 2 is 1.71 bits per heavy atom. The van der Waals surface area contributed by atoms with Crippen LogP contribution in [0.1, 0.15) is 34.1 Å². The fourth-order valence-electron chi connectivity index (χ4n) is 4.32. The van der Waals surface area contributed by atoms with Crippen molar-refractivity contribution < 1.29 is 4.74 Å². The molecular weight excluding hydrogens is 388 g/mol. The zero-order valence-electron chi connectivity index (χ0n) is 19.0. The number of anilines is 1. The van der Waals surface area contributed by atoms with Gasteiger partial charge < -0.3 is 9.64 Å². The van der Waals surface area contributed by atoms with Crippen LogP contribution in [-0.2, 0) is 11.3 Å². The van der Waals surface area contributed by atoms with E-state index in [-0.39, 0.29) is 6.04 Å². The van der Waals surface area contributed by atoms with E-state index >= 15 is 0 Å². The Labute approximate surface area is 184 Å². The number of aromatic nitrogens is 4. The zero-order chi connectivity index (χ0) is 21.8. The van der Waals surface area contributed by atoms with E-state index in [2.05, 4.69) is 88.6 Å². The van der Waals surface area contributed by atoms with Crippen LogP contribution in [0.25, 0.3) is 0 Å². The number of hydrogen-bond donors (Lipinski definition) is 0. The molecule has 0 N–H and O–H groups in total. The summed E-state index contributed by atoms with van der Waals surface area (Å²) < 4.78 is 7.14. The minimum Gasteiger partial charge on any atom is -0.383 e. The molecular formula is C24H32N6O. The molecule has 3 aromatic rings. The van der Waals surface area contributed by atoms with Gasteiger partial charge in [-0.1, -0.05) is 42.0 Å². The maximum absolute atomic E-state index is 5.26. The molecule has 0 aliphatic carbocycles. The standard InChI is InChI=1S/C24H32N6O/c1-18-8-10-21(11-9-18)23(24-25-26-27-30(24)16-17-31-4)29-14-12-28(13-15-29)22-7-5-6-19(2)20(22)3/h5-11,23H,12-17H2,1-4H3. The molecule has 1 unspecified atom stereocenters. The average molecular weight is 421 g/mol. The van der Waals surface area contributed by atoms with Crippen LogP contribution in [0, 0.1) is 20.8 Å². The summed E-state index contributed by atoms with van der Waals surface area (Å²) in [5.41, 5.74) is 6.53. The van der Waals surface area contributed by atoms with Crippen LogP contribution in [-0.4, -0.2) is 65.0 Å². The Morgan fingerprint density at radius 1 is 0.968 bits per heavy atom. The molecule has 7 nitrogen and oxygen atoms in total. The van der Waals surface area contributed by atoms with Gasteiger partial charge in [-0.3, -0.25) is 4.90 Å². The fraction of sp³-hybridized carbons (Fsp3) is 0.458. The van der Waals surface area contributed by atoms with E-state index < -0.39 is 0 Å². The molecule has 1 atom stereocenters. The van der Waals surface area contributed by atoms with Crippen molar-refractivity contribution in [3.63, 3.8) is 0 Å². The third kappa shape index (κ3) is 4.62. The number of aryl methyl sites for hydroxylation is 2. The third-order valence-corrected chi connectivity index (χ3v) is 6.30. The summed E-state index contributed by atoms with van der Waals surface area (Å²) in [5, 5.41) is 12.7. The molecule has 2 aromatic carbocycles. The lowest BCUT2D eigenvalue weighted by atomic mass is 10.0. The van der Waals surface area contributed by atoms with Gasteiger partial charge in [-0.05, 0) is 54.0 Å². The maximum atomic E-state index is 5.26. The minimum absolute atomic E-state index is 0.0215. The summed E-state index contributed by atoms with van der Waals surface area (Å²) in [5.74, 6) is 0.876. The minimum atomic E-state index is 0.0215.